The van der Waals surface area contributed by atoms with Gasteiger partial charge < -0.3 is 9.88 Å². The quantitative estimate of drug-likeness (QED) is 0.705. The van der Waals surface area contributed by atoms with Gasteiger partial charge >= 0.3 is 0 Å². The van der Waals surface area contributed by atoms with E-state index in [1.165, 1.54) is 49.9 Å². The van der Waals surface area contributed by atoms with Crippen LogP contribution in [0.5, 0.6) is 0 Å². The van der Waals surface area contributed by atoms with E-state index < -0.39 is 0 Å². The van der Waals surface area contributed by atoms with Gasteiger partial charge in [-0.3, -0.25) is 0 Å². The molecule has 1 atom stereocenters. The van der Waals surface area contributed by atoms with E-state index in [0.717, 1.165) is 11.9 Å². The van der Waals surface area contributed by atoms with Crippen molar-refractivity contribution < 1.29 is 0 Å². The van der Waals surface area contributed by atoms with Crippen molar-refractivity contribution in [2.75, 3.05) is 7.05 Å². The molecule has 0 aliphatic rings. The lowest BCUT2D eigenvalue weighted by molar-refractivity contribution is 0.471. The summed E-state index contributed by atoms with van der Waals surface area (Å²) in [7, 11) is 4.19. The van der Waals surface area contributed by atoms with Crippen molar-refractivity contribution in [1.82, 2.24) is 14.9 Å². The summed E-state index contributed by atoms with van der Waals surface area (Å²) in [5.41, 5.74) is 2.33. The van der Waals surface area contributed by atoms with Gasteiger partial charge in [-0.05, 0) is 25.6 Å². The molecule has 0 saturated heterocycles. The molecule has 1 aromatic heterocycles. The minimum Gasteiger partial charge on any atom is -0.331 e. The van der Waals surface area contributed by atoms with Gasteiger partial charge in [-0.25, -0.2) is 4.98 Å². The number of unbranched alkanes of at least 4 members (excludes halogenated alkanes) is 4. The molecule has 21 heavy (non-hydrogen) atoms. The third kappa shape index (κ3) is 4.31. The van der Waals surface area contributed by atoms with Crippen molar-refractivity contribution in [3.05, 3.63) is 30.1 Å². The lowest BCUT2D eigenvalue weighted by Gasteiger charge is -2.15. The molecule has 0 bridgehead atoms. The minimum atomic E-state index is 0.530. The maximum absolute atomic E-state index is 4.78. The molecule has 0 aliphatic carbocycles. The average Bonchev–Trinajstić information content (AvgIpc) is 2.82. The number of para-hydroxylation sites is 2. The van der Waals surface area contributed by atoms with Gasteiger partial charge in [0.2, 0.25) is 0 Å². The minimum absolute atomic E-state index is 0.530. The van der Waals surface area contributed by atoms with Gasteiger partial charge in [-0.2, -0.15) is 0 Å². The van der Waals surface area contributed by atoms with Crippen LogP contribution in [0, 0.1) is 0 Å². The number of rotatable bonds is 9. The Morgan fingerprint density at radius 1 is 1.14 bits per heavy atom. The number of aromatic nitrogens is 2. The van der Waals surface area contributed by atoms with Crippen LogP contribution in [0.15, 0.2) is 24.3 Å². The Bertz CT molecular complexity index is 544. The number of nitrogens with one attached hydrogen (secondary N) is 1. The molecule has 3 heteroatoms. The second kappa shape index (κ2) is 8.18. The molecular formula is C18H29N3. The van der Waals surface area contributed by atoms with Crippen molar-refractivity contribution in [2.24, 2.45) is 7.05 Å². The Balaban J connectivity index is 1.92. The summed E-state index contributed by atoms with van der Waals surface area (Å²) in [5.74, 6) is 1.18. The van der Waals surface area contributed by atoms with Crippen LogP contribution < -0.4 is 5.32 Å². The van der Waals surface area contributed by atoms with Gasteiger partial charge in [0.05, 0.1) is 11.0 Å². The first-order valence-corrected chi connectivity index (χ1v) is 8.33. The summed E-state index contributed by atoms with van der Waals surface area (Å²) < 4.78 is 2.23. The number of likely N-dealkylation sites (N-methyl/N-ethyl adjacent to an activating group) is 1. The number of nitrogens with zero attached hydrogens (tertiary/aromatic N) is 2. The highest BCUT2D eigenvalue weighted by Gasteiger charge is 2.13. The molecule has 1 unspecified atom stereocenters. The number of hydrogen-bond donors (Lipinski definition) is 1. The van der Waals surface area contributed by atoms with Gasteiger partial charge in [0.15, 0.2) is 0 Å². The van der Waals surface area contributed by atoms with Crippen LogP contribution in [-0.4, -0.2) is 22.6 Å². The van der Waals surface area contributed by atoms with Crippen molar-refractivity contribution in [1.29, 1.82) is 0 Å². The Labute approximate surface area is 128 Å². The average molecular weight is 287 g/mol. The van der Waals surface area contributed by atoms with Gasteiger partial charge in [0.25, 0.3) is 0 Å². The van der Waals surface area contributed by atoms with Gasteiger partial charge in [-0.15, -0.1) is 0 Å². The third-order valence-corrected chi connectivity index (χ3v) is 4.37. The van der Waals surface area contributed by atoms with E-state index >= 15 is 0 Å². The highest BCUT2D eigenvalue weighted by Crippen LogP contribution is 2.17. The summed E-state index contributed by atoms with van der Waals surface area (Å²) in [6.45, 7) is 2.27. The van der Waals surface area contributed by atoms with E-state index in [0.29, 0.717) is 6.04 Å². The standard InChI is InChI=1S/C18H29N3/c1-4-5-6-7-8-11-15(19-2)14-18-20-16-12-9-10-13-17(16)21(18)3/h9-10,12-13,15,19H,4-8,11,14H2,1-3H3. The highest BCUT2D eigenvalue weighted by molar-refractivity contribution is 5.75. The summed E-state index contributed by atoms with van der Waals surface area (Å²) in [6.07, 6.45) is 8.98. The van der Waals surface area contributed by atoms with Crippen LogP contribution in [0.2, 0.25) is 0 Å². The first-order valence-electron chi connectivity index (χ1n) is 8.33. The molecule has 3 nitrogen and oxygen atoms in total. The lowest BCUT2D eigenvalue weighted by Crippen LogP contribution is -2.28. The molecule has 0 fully saturated rings. The van der Waals surface area contributed by atoms with Crippen LogP contribution in [0.3, 0.4) is 0 Å². The predicted molar refractivity (Wildman–Crippen MR) is 90.6 cm³/mol. The zero-order valence-electron chi connectivity index (χ0n) is 13.7. The van der Waals surface area contributed by atoms with Crippen LogP contribution in [0.4, 0.5) is 0 Å². The Morgan fingerprint density at radius 3 is 2.62 bits per heavy atom. The van der Waals surface area contributed by atoms with Crippen LogP contribution in [0.25, 0.3) is 11.0 Å². The zero-order chi connectivity index (χ0) is 15.1. The van der Waals surface area contributed by atoms with E-state index in [9.17, 15) is 0 Å². The van der Waals surface area contributed by atoms with Gasteiger partial charge in [0.1, 0.15) is 5.82 Å². The highest BCUT2D eigenvalue weighted by atomic mass is 15.1. The molecule has 0 amide bonds. The Hall–Kier alpha value is -1.35. The molecule has 2 aromatic rings. The number of imidazole rings is 1. The summed E-state index contributed by atoms with van der Waals surface area (Å²) in [5, 5.41) is 3.46. The molecule has 2 rings (SSSR count). The molecule has 0 spiro atoms. The molecule has 1 aromatic carbocycles. The van der Waals surface area contributed by atoms with Crippen LogP contribution >= 0.6 is 0 Å². The fraction of sp³-hybridized carbons (Fsp3) is 0.611. The maximum atomic E-state index is 4.78. The smallest absolute Gasteiger partial charge is 0.111 e. The molecule has 1 N–H and O–H groups in total. The predicted octanol–water partition coefficient (Wildman–Crippen LogP) is 4.06. The second-order valence-electron chi connectivity index (χ2n) is 5.97. The van der Waals surface area contributed by atoms with E-state index in [1.54, 1.807) is 0 Å². The number of aryl methyl sites for hydroxylation is 1. The normalized spacial score (nSPS) is 12.9. The van der Waals surface area contributed by atoms with Crippen LogP contribution in [0.1, 0.15) is 51.3 Å². The Morgan fingerprint density at radius 2 is 1.90 bits per heavy atom. The van der Waals surface area contributed by atoms with Crippen molar-refractivity contribution >= 4 is 11.0 Å². The molecule has 0 saturated carbocycles. The largest absolute Gasteiger partial charge is 0.331 e. The fourth-order valence-electron chi connectivity index (χ4n) is 2.94. The maximum Gasteiger partial charge on any atom is 0.111 e. The summed E-state index contributed by atoms with van der Waals surface area (Å²) in [6, 6.07) is 8.91. The van der Waals surface area contributed by atoms with E-state index in [1.807, 2.05) is 0 Å². The van der Waals surface area contributed by atoms with Crippen molar-refractivity contribution in [2.45, 2.75) is 57.9 Å². The monoisotopic (exact) mass is 287 g/mol. The fourth-order valence-corrected chi connectivity index (χ4v) is 2.94. The number of hydrogen-bond acceptors (Lipinski definition) is 2. The van der Waals surface area contributed by atoms with Crippen molar-refractivity contribution in [3.8, 4) is 0 Å². The van der Waals surface area contributed by atoms with Gasteiger partial charge in [0, 0.05) is 19.5 Å². The number of benzene rings is 1. The van der Waals surface area contributed by atoms with E-state index in [2.05, 4.69) is 55.2 Å². The Kier molecular flexibility index (Phi) is 6.24. The lowest BCUT2D eigenvalue weighted by atomic mass is 10.0. The molecular weight excluding hydrogens is 258 g/mol. The molecule has 0 radical (unpaired) electrons. The van der Waals surface area contributed by atoms with Crippen LogP contribution in [-0.2, 0) is 13.5 Å². The SMILES string of the molecule is CCCCCCCC(Cc1nc2ccccc2n1C)NC. The van der Waals surface area contributed by atoms with Gasteiger partial charge in [-0.1, -0.05) is 51.2 Å². The second-order valence-corrected chi connectivity index (χ2v) is 5.97. The zero-order valence-corrected chi connectivity index (χ0v) is 13.7. The first kappa shape index (κ1) is 16.0. The van der Waals surface area contributed by atoms with Crippen molar-refractivity contribution in [3.63, 3.8) is 0 Å². The van der Waals surface area contributed by atoms with E-state index in [4.69, 9.17) is 4.98 Å². The molecule has 116 valence electrons. The molecule has 1 heterocycles. The van der Waals surface area contributed by atoms with E-state index in [-0.39, 0.29) is 0 Å². The first-order chi connectivity index (χ1) is 10.3. The third-order valence-electron chi connectivity index (χ3n) is 4.37. The topological polar surface area (TPSA) is 29.9 Å². The molecule has 0 aliphatic heterocycles. The summed E-state index contributed by atoms with van der Waals surface area (Å²) in [4.78, 5) is 4.78. The summed E-state index contributed by atoms with van der Waals surface area (Å²) >= 11 is 0. The number of fused-ring (bicyclic) bond motifs is 1.